The van der Waals surface area contributed by atoms with Crippen molar-refractivity contribution >= 4 is 11.6 Å². The van der Waals surface area contributed by atoms with Gasteiger partial charge in [0.2, 0.25) is 0 Å². The predicted molar refractivity (Wildman–Crippen MR) is 143 cm³/mol. The monoisotopic (exact) mass is 531 g/mol. The van der Waals surface area contributed by atoms with Crippen molar-refractivity contribution in [2.45, 2.75) is 32.5 Å². The fourth-order valence-corrected chi connectivity index (χ4v) is 4.11. The second-order valence-corrected chi connectivity index (χ2v) is 9.33. The molecule has 2 unspecified atom stereocenters. The van der Waals surface area contributed by atoms with Crippen LogP contribution in [0.2, 0.25) is 0 Å². The van der Waals surface area contributed by atoms with Gasteiger partial charge < -0.3 is 10.6 Å². The van der Waals surface area contributed by atoms with E-state index in [-0.39, 0.29) is 23.0 Å². The minimum absolute atomic E-state index is 0.145. The molecule has 3 aromatic carbocycles. The standard InChI is InChI=1S/C30H28F3N5O/c1-3-20(2)19-35-28(22-10-5-4-6-11-22)23-12-8-13-24(16-23)36-29(39)26-17-27(30(31,32)33)37-38(26)25-14-7-9-21(15-25)18-34/h4-17,20,28,35H,3,19H2,1-2H3,(H,36,39). The van der Waals surface area contributed by atoms with Gasteiger partial charge in [-0.1, -0.05) is 68.8 Å². The number of alkyl halides is 3. The smallest absolute Gasteiger partial charge is 0.321 e. The largest absolute Gasteiger partial charge is 0.435 e. The molecule has 1 amide bonds. The van der Waals surface area contributed by atoms with Crippen LogP contribution in [0.1, 0.15) is 59.2 Å². The Morgan fingerprint density at radius 1 is 1.00 bits per heavy atom. The van der Waals surface area contributed by atoms with Gasteiger partial charge in [-0.3, -0.25) is 4.79 Å². The van der Waals surface area contributed by atoms with E-state index < -0.39 is 17.8 Å². The summed E-state index contributed by atoms with van der Waals surface area (Å²) < 4.78 is 41.5. The summed E-state index contributed by atoms with van der Waals surface area (Å²) in [5.41, 5.74) is 1.26. The highest BCUT2D eigenvalue weighted by molar-refractivity contribution is 6.03. The van der Waals surface area contributed by atoms with E-state index in [0.29, 0.717) is 17.7 Å². The Kier molecular flexibility index (Phi) is 8.47. The number of nitrogens with zero attached hydrogens (tertiary/aromatic N) is 3. The maximum Gasteiger partial charge on any atom is 0.435 e. The molecule has 0 aliphatic carbocycles. The average Bonchev–Trinajstić information content (AvgIpc) is 3.41. The molecule has 6 nitrogen and oxygen atoms in total. The lowest BCUT2D eigenvalue weighted by molar-refractivity contribution is -0.141. The van der Waals surface area contributed by atoms with E-state index in [1.807, 2.05) is 42.5 Å². The van der Waals surface area contributed by atoms with Gasteiger partial charge in [0.25, 0.3) is 5.91 Å². The Bertz CT molecular complexity index is 1470. The number of anilines is 1. The van der Waals surface area contributed by atoms with E-state index in [1.165, 1.54) is 24.3 Å². The fourth-order valence-electron chi connectivity index (χ4n) is 4.11. The number of aromatic nitrogens is 2. The Labute approximate surface area is 225 Å². The van der Waals surface area contributed by atoms with Crippen molar-refractivity contribution in [1.82, 2.24) is 15.1 Å². The molecular formula is C30H28F3N5O. The minimum atomic E-state index is -4.75. The molecule has 39 heavy (non-hydrogen) atoms. The molecule has 0 saturated heterocycles. The molecule has 2 atom stereocenters. The first-order valence-corrected chi connectivity index (χ1v) is 12.6. The fraction of sp³-hybridized carbons (Fsp3) is 0.233. The lowest BCUT2D eigenvalue weighted by Crippen LogP contribution is -2.27. The van der Waals surface area contributed by atoms with E-state index in [0.717, 1.165) is 28.8 Å². The second-order valence-electron chi connectivity index (χ2n) is 9.33. The number of amides is 1. The maximum absolute atomic E-state index is 13.5. The van der Waals surface area contributed by atoms with Crippen LogP contribution in [0.25, 0.3) is 5.69 Å². The van der Waals surface area contributed by atoms with Crippen molar-refractivity contribution in [1.29, 1.82) is 5.26 Å². The number of carbonyl (C=O) groups is 1. The summed E-state index contributed by atoms with van der Waals surface area (Å²) in [6.45, 7) is 5.08. The summed E-state index contributed by atoms with van der Waals surface area (Å²) in [5, 5.41) is 19.2. The summed E-state index contributed by atoms with van der Waals surface area (Å²) in [7, 11) is 0. The van der Waals surface area contributed by atoms with Crippen LogP contribution in [-0.2, 0) is 6.18 Å². The molecule has 0 aliphatic heterocycles. The van der Waals surface area contributed by atoms with Crippen LogP contribution in [-0.4, -0.2) is 22.2 Å². The Morgan fingerprint density at radius 3 is 2.41 bits per heavy atom. The lowest BCUT2D eigenvalue weighted by Gasteiger charge is -2.22. The molecule has 4 aromatic rings. The van der Waals surface area contributed by atoms with Gasteiger partial charge in [-0.05, 0) is 53.9 Å². The van der Waals surface area contributed by atoms with Gasteiger partial charge in [-0.15, -0.1) is 0 Å². The van der Waals surface area contributed by atoms with Crippen LogP contribution in [0.15, 0.2) is 84.9 Å². The van der Waals surface area contributed by atoms with Crippen LogP contribution >= 0.6 is 0 Å². The summed E-state index contributed by atoms with van der Waals surface area (Å²) in [4.78, 5) is 13.3. The van der Waals surface area contributed by atoms with E-state index in [4.69, 9.17) is 0 Å². The molecule has 2 N–H and O–H groups in total. The molecule has 0 radical (unpaired) electrons. The van der Waals surface area contributed by atoms with Gasteiger partial charge in [0.15, 0.2) is 5.69 Å². The van der Waals surface area contributed by atoms with E-state index in [2.05, 4.69) is 29.6 Å². The quantitative estimate of drug-likeness (QED) is 0.251. The molecule has 0 aliphatic rings. The third-order valence-electron chi connectivity index (χ3n) is 6.43. The highest BCUT2D eigenvalue weighted by Gasteiger charge is 2.36. The lowest BCUT2D eigenvalue weighted by atomic mass is 9.97. The summed E-state index contributed by atoms with van der Waals surface area (Å²) in [6.07, 6.45) is -3.73. The van der Waals surface area contributed by atoms with Gasteiger partial charge in [0, 0.05) is 11.8 Å². The van der Waals surface area contributed by atoms with Gasteiger partial charge in [0.1, 0.15) is 5.69 Å². The normalized spacial score (nSPS) is 12.9. The Morgan fingerprint density at radius 2 is 1.72 bits per heavy atom. The van der Waals surface area contributed by atoms with Crippen LogP contribution in [0, 0.1) is 17.2 Å². The zero-order valence-electron chi connectivity index (χ0n) is 21.5. The average molecular weight is 532 g/mol. The minimum Gasteiger partial charge on any atom is -0.321 e. The van der Waals surface area contributed by atoms with Crippen molar-refractivity contribution < 1.29 is 18.0 Å². The van der Waals surface area contributed by atoms with Gasteiger partial charge in [-0.2, -0.15) is 23.5 Å². The molecule has 0 fully saturated rings. The zero-order valence-corrected chi connectivity index (χ0v) is 21.5. The van der Waals surface area contributed by atoms with E-state index in [1.54, 1.807) is 18.2 Å². The summed E-state index contributed by atoms with van der Waals surface area (Å²) in [6, 6.07) is 25.5. The Hall–Kier alpha value is -4.42. The first-order valence-electron chi connectivity index (χ1n) is 12.6. The van der Waals surface area contributed by atoms with Crippen molar-refractivity contribution in [3.8, 4) is 11.8 Å². The summed E-state index contributed by atoms with van der Waals surface area (Å²) >= 11 is 0. The van der Waals surface area contributed by atoms with Crippen LogP contribution in [0.4, 0.5) is 18.9 Å². The first kappa shape index (κ1) is 27.6. The number of nitrogens with one attached hydrogen (secondary N) is 2. The van der Waals surface area contributed by atoms with Crippen molar-refractivity contribution in [2.24, 2.45) is 5.92 Å². The van der Waals surface area contributed by atoms with Crippen LogP contribution in [0.5, 0.6) is 0 Å². The van der Waals surface area contributed by atoms with Crippen LogP contribution < -0.4 is 10.6 Å². The number of rotatable bonds is 9. The molecule has 0 bridgehead atoms. The molecule has 4 rings (SSSR count). The van der Waals surface area contributed by atoms with Gasteiger partial charge in [-0.25, -0.2) is 4.68 Å². The first-order chi connectivity index (χ1) is 18.7. The molecule has 1 aromatic heterocycles. The van der Waals surface area contributed by atoms with E-state index >= 15 is 0 Å². The molecule has 1 heterocycles. The zero-order chi connectivity index (χ0) is 28.0. The third kappa shape index (κ3) is 6.72. The molecule has 9 heteroatoms. The van der Waals surface area contributed by atoms with E-state index in [9.17, 15) is 23.2 Å². The van der Waals surface area contributed by atoms with Crippen molar-refractivity contribution in [2.75, 3.05) is 11.9 Å². The Balaban J connectivity index is 1.66. The predicted octanol–water partition coefficient (Wildman–Crippen LogP) is 6.74. The van der Waals surface area contributed by atoms with Gasteiger partial charge >= 0.3 is 6.18 Å². The molecule has 0 spiro atoms. The number of hydrogen-bond donors (Lipinski definition) is 2. The van der Waals surface area contributed by atoms with Crippen molar-refractivity contribution in [3.05, 3.63) is 113 Å². The topological polar surface area (TPSA) is 82.7 Å². The number of hydrogen-bond acceptors (Lipinski definition) is 4. The molecular weight excluding hydrogens is 503 g/mol. The second kappa shape index (κ2) is 12.0. The maximum atomic E-state index is 13.5. The molecule has 0 saturated carbocycles. The summed E-state index contributed by atoms with van der Waals surface area (Å²) in [5.74, 6) is -0.303. The highest BCUT2D eigenvalue weighted by Crippen LogP contribution is 2.30. The third-order valence-corrected chi connectivity index (χ3v) is 6.43. The SMILES string of the molecule is CCC(C)CNC(c1ccccc1)c1cccc(NC(=O)c2cc(C(F)(F)F)nn2-c2cccc(C#N)c2)c1. The number of benzene rings is 3. The number of halogens is 3. The number of nitriles is 1. The molecule has 200 valence electrons. The van der Waals surface area contributed by atoms with Crippen molar-refractivity contribution in [3.63, 3.8) is 0 Å². The highest BCUT2D eigenvalue weighted by atomic mass is 19.4. The number of carbonyl (C=O) groups excluding carboxylic acids is 1. The van der Waals surface area contributed by atoms with Crippen LogP contribution in [0.3, 0.4) is 0 Å². The van der Waals surface area contributed by atoms with Gasteiger partial charge in [0.05, 0.1) is 23.4 Å².